The minimum atomic E-state index is -0.570. The average Bonchev–Trinajstić information content (AvgIpc) is 2.44. The summed E-state index contributed by atoms with van der Waals surface area (Å²) in [4.78, 5) is 6.81. The predicted molar refractivity (Wildman–Crippen MR) is 72.6 cm³/mol. The zero-order chi connectivity index (χ0) is 13.3. The van der Waals surface area contributed by atoms with E-state index < -0.39 is 5.60 Å². The Kier molecular flexibility index (Phi) is 3.56. The van der Waals surface area contributed by atoms with E-state index in [0.717, 1.165) is 37.9 Å². The number of hydrogen-bond acceptors (Lipinski definition) is 4. The molecule has 1 aliphatic carbocycles. The van der Waals surface area contributed by atoms with Gasteiger partial charge in [-0.1, -0.05) is 6.07 Å². The number of fused-ring (bicyclic) bond motifs is 3. The lowest BCUT2D eigenvalue weighted by Crippen LogP contribution is -2.65. The molecule has 2 aliphatic heterocycles. The van der Waals surface area contributed by atoms with Crippen LogP contribution in [0.3, 0.4) is 0 Å². The van der Waals surface area contributed by atoms with E-state index in [1.165, 1.54) is 0 Å². The summed E-state index contributed by atoms with van der Waals surface area (Å²) in [6.07, 6.45) is 5.82. The molecule has 1 saturated carbocycles. The van der Waals surface area contributed by atoms with Gasteiger partial charge in [0.15, 0.2) is 0 Å². The molecule has 0 spiro atoms. The van der Waals surface area contributed by atoms with E-state index in [1.807, 2.05) is 18.3 Å². The molecule has 3 fully saturated rings. The SMILES string of the molecule is COCC1N(Cc2ccccn2)C2CCC1(O)CC2. The van der Waals surface area contributed by atoms with E-state index in [9.17, 15) is 5.11 Å². The van der Waals surface area contributed by atoms with Crippen molar-refractivity contribution in [3.05, 3.63) is 30.1 Å². The van der Waals surface area contributed by atoms with Crippen molar-refractivity contribution in [1.82, 2.24) is 9.88 Å². The molecule has 19 heavy (non-hydrogen) atoms. The quantitative estimate of drug-likeness (QED) is 0.895. The largest absolute Gasteiger partial charge is 0.388 e. The number of aromatic nitrogens is 1. The molecule has 0 aromatic carbocycles. The van der Waals surface area contributed by atoms with Crippen molar-refractivity contribution < 1.29 is 9.84 Å². The summed E-state index contributed by atoms with van der Waals surface area (Å²) >= 11 is 0. The van der Waals surface area contributed by atoms with Crippen LogP contribution in [-0.4, -0.2) is 46.4 Å². The van der Waals surface area contributed by atoms with Crippen LogP contribution < -0.4 is 0 Å². The summed E-state index contributed by atoms with van der Waals surface area (Å²) < 4.78 is 5.35. The number of nitrogens with zero attached hydrogens (tertiary/aromatic N) is 2. The maximum absolute atomic E-state index is 10.8. The summed E-state index contributed by atoms with van der Waals surface area (Å²) in [6, 6.07) is 6.68. The Morgan fingerprint density at radius 1 is 1.42 bits per heavy atom. The summed E-state index contributed by atoms with van der Waals surface area (Å²) in [5, 5.41) is 10.8. The lowest BCUT2D eigenvalue weighted by atomic mass is 9.71. The van der Waals surface area contributed by atoms with Crippen LogP contribution in [0.25, 0.3) is 0 Å². The van der Waals surface area contributed by atoms with Gasteiger partial charge >= 0.3 is 0 Å². The Morgan fingerprint density at radius 3 is 2.84 bits per heavy atom. The van der Waals surface area contributed by atoms with E-state index in [2.05, 4.69) is 16.0 Å². The second kappa shape index (κ2) is 5.19. The molecule has 2 bridgehead atoms. The van der Waals surface area contributed by atoms with Crippen LogP contribution in [0.5, 0.6) is 0 Å². The molecule has 4 nitrogen and oxygen atoms in total. The van der Waals surface area contributed by atoms with Crippen molar-refractivity contribution in [2.24, 2.45) is 0 Å². The second-order valence-electron chi connectivity index (χ2n) is 5.80. The number of rotatable bonds is 4. The number of methoxy groups -OCH3 is 1. The van der Waals surface area contributed by atoms with E-state index >= 15 is 0 Å². The molecular weight excluding hydrogens is 240 g/mol. The third-order valence-electron chi connectivity index (χ3n) is 4.71. The van der Waals surface area contributed by atoms with Crippen LogP contribution in [0.4, 0.5) is 0 Å². The van der Waals surface area contributed by atoms with Gasteiger partial charge in [-0.25, -0.2) is 0 Å². The standard InChI is InChI=1S/C15H22N2O2/c1-19-11-14-15(18)7-5-13(6-8-15)17(14)10-12-4-2-3-9-16-12/h2-4,9,13-14,18H,5-8,10-11H2,1H3. The highest BCUT2D eigenvalue weighted by atomic mass is 16.5. The number of ether oxygens (including phenoxy) is 1. The molecule has 4 heteroatoms. The highest BCUT2D eigenvalue weighted by Crippen LogP contribution is 2.43. The first-order valence-electron chi connectivity index (χ1n) is 7.10. The summed E-state index contributed by atoms with van der Waals surface area (Å²) in [6.45, 7) is 1.40. The van der Waals surface area contributed by atoms with Gasteiger partial charge in [-0.15, -0.1) is 0 Å². The lowest BCUT2D eigenvalue weighted by Gasteiger charge is -2.55. The number of hydrogen-bond donors (Lipinski definition) is 1. The van der Waals surface area contributed by atoms with Crippen molar-refractivity contribution in [2.45, 2.75) is 49.9 Å². The maximum atomic E-state index is 10.8. The van der Waals surface area contributed by atoms with Gasteiger partial charge in [0.1, 0.15) is 0 Å². The zero-order valence-corrected chi connectivity index (χ0v) is 11.5. The first-order chi connectivity index (χ1) is 9.23. The fraction of sp³-hybridized carbons (Fsp3) is 0.667. The fourth-order valence-corrected chi connectivity index (χ4v) is 3.66. The van der Waals surface area contributed by atoms with Gasteiger partial charge in [0.2, 0.25) is 0 Å². The Morgan fingerprint density at radius 2 is 2.21 bits per heavy atom. The Bertz CT molecular complexity index is 415. The zero-order valence-electron chi connectivity index (χ0n) is 11.5. The van der Waals surface area contributed by atoms with Gasteiger partial charge in [0.05, 0.1) is 23.9 Å². The third-order valence-corrected chi connectivity index (χ3v) is 4.71. The van der Waals surface area contributed by atoms with E-state index in [0.29, 0.717) is 12.6 Å². The van der Waals surface area contributed by atoms with Crippen molar-refractivity contribution in [1.29, 1.82) is 0 Å². The molecule has 1 aromatic rings. The molecule has 0 amide bonds. The third kappa shape index (κ3) is 2.40. The minimum absolute atomic E-state index is 0.104. The second-order valence-corrected chi connectivity index (χ2v) is 5.80. The summed E-state index contributed by atoms with van der Waals surface area (Å²) in [7, 11) is 1.71. The molecule has 1 N–H and O–H groups in total. The molecule has 3 aliphatic rings. The van der Waals surface area contributed by atoms with Crippen LogP contribution in [0.2, 0.25) is 0 Å². The van der Waals surface area contributed by atoms with Crippen LogP contribution in [0.15, 0.2) is 24.4 Å². The van der Waals surface area contributed by atoms with Crippen molar-refractivity contribution >= 4 is 0 Å². The van der Waals surface area contributed by atoms with Gasteiger partial charge in [-0.2, -0.15) is 0 Å². The topological polar surface area (TPSA) is 45.6 Å². The number of pyridine rings is 1. The van der Waals surface area contributed by atoms with Crippen molar-refractivity contribution in [2.75, 3.05) is 13.7 Å². The molecule has 1 aromatic heterocycles. The average molecular weight is 262 g/mol. The lowest BCUT2D eigenvalue weighted by molar-refractivity contribution is -0.162. The molecular formula is C15H22N2O2. The van der Waals surface area contributed by atoms with Crippen molar-refractivity contribution in [3.8, 4) is 0 Å². The highest BCUT2D eigenvalue weighted by Gasteiger charge is 2.50. The van der Waals surface area contributed by atoms with Gasteiger partial charge in [0.25, 0.3) is 0 Å². The van der Waals surface area contributed by atoms with Crippen LogP contribution in [0, 0.1) is 0 Å². The Labute approximate surface area is 114 Å². The van der Waals surface area contributed by atoms with Gasteiger partial charge in [-0.3, -0.25) is 9.88 Å². The smallest absolute Gasteiger partial charge is 0.0826 e. The fourth-order valence-electron chi connectivity index (χ4n) is 3.66. The normalized spacial score (nSPS) is 34.6. The number of piperidine rings is 2. The molecule has 0 radical (unpaired) electrons. The van der Waals surface area contributed by atoms with Crippen molar-refractivity contribution in [3.63, 3.8) is 0 Å². The summed E-state index contributed by atoms with van der Waals surface area (Å²) in [5.74, 6) is 0. The molecule has 2 saturated heterocycles. The predicted octanol–water partition coefficient (Wildman–Crippen LogP) is 1.59. The van der Waals surface area contributed by atoms with E-state index in [-0.39, 0.29) is 6.04 Å². The van der Waals surface area contributed by atoms with E-state index in [4.69, 9.17) is 4.74 Å². The first-order valence-corrected chi connectivity index (χ1v) is 7.10. The van der Waals surface area contributed by atoms with Gasteiger partial charge in [-0.05, 0) is 37.8 Å². The number of aliphatic hydroxyl groups is 1. The van der Waals surface area contributed by atoms with Crippen LogP contribution in [-0.2, 0) is 11.3 Å². The molecule has 3 heterocycles. The van der Waals surface area contributed by atoms with Gasteiger partial charge in [0, 0.05) is 25.9 Å². The highest BCUT2D eigenvalue weighted by molar-refractivity contribution is 5.09. The van der Waals surface area contributed by atoms with Crippen LogP contribution >= 0.6 is 0 Å². The Balaban J connectivity index is 1.81. The van der Waals surface area contributed by atoms with Crippen LogP contribution in [0.1, 0.15) is 31.4 Å². The summed E-state index contributed by atoms with van der Waals surface area (Å²) in [5.41, 5.74) is 0.499. The monoisotopic (exact) mass is 262 g/mol. The van der Waals surface area contributed by atoms with E-state index in [1.54, 1.807) is 7.11 Å². The molecule has 4 rings (SSSR count). The molecule has 1 atom stereocenters. The Hall–Kier alpha value is -0.970. The van der Waals surface area contributed by atoms with Gasteiger partial charge < -0.3 is 9.84 Å². The molecule has 104 valence electrons. The first kappa shape index (κ1) is 13.0. The maximum Gasteiger partial charge on any atom is 0.0826 e. The minimum Gasteiger partial charge on any atom is -0.388 e. The molecule has 1 unspecified atom stereocenters.